The van der Waals surface area contributed by atoms with Crippen LogP contribution in [-0.2, 0) is 6.54 Å². The van der Waals surface area contributed by atoms with Crippen LogP contribution >= 0.6 is 0 Å². The molecule has 3 nitrogen and oxygen atoms in total. The number of rotatable bonds is 5. The molecule has 0 aliphatic rings. The Hall–Kier alpha value is -1.85. The van der Waals surface area contributed by atoms with Gasteiger partial charge in [-0.1, -0.05) is 29.8 Å². The number of halogens is 3. The quantitative estimate of drug-likeness (QED) is 0.777. The van der Waals surface area contributed by atoms with Gasteiger partial charge >= 0.3 is 6.18 Å². The summed E-state index contributed by atoms with van der Waals surface area (Å²) in [5, 5.41) is 4.27. The van der Waals surface area contributed by atoms with E-state index in [1.807, 2.05) is 31.2 Å². The molecule has 2 rings (SSSR count). The Bertz CT molecular complexity index is 544. The lowest BCUT2D eigenvalue weighted by molar-refractivity contribution is -0.135. The van der Waals surface area contributed by atoms with Gasteiger partial charge in [0.2, 0.25) is 0 Å². The SMILES string of the molecule is Cc1ccc(-c2ncn(CCCCC(F)(F)F)n2)cc1. The van der Waals surface area contributed by atoms with Gasteiger partial charge in [-0.15, -0.1) is 0 Å². The van der Waals surface area contributed by atoms with E-state index in [1.54, 1.807) is 11.0 Å². The molecule has 0 fully saturated rings. The fourth-order valence-corrected chi connectivity index (χ4v) is 1.84. The van der Waals surface area contributed by atoms with E-state index in [1.165, 1.54) is 0 Å². The molecule has 0 bridgehead atoms. The van der Waals surface area contributed by atoms with E-state index >= 15 is 0 Å². The summed E-state index contributed by atoms with van der Waals surface area (Å²) in [5.74, 6) is 0.598. The van der Waals surface area contributed by atoms with Crippen LogP contribution in [0, 0.1) is 6.92 Å². The monoisotopic (exact) mass is 283 g/mol. The number of benzene rings is 1. The number of nitrogens with zero attached hydrogens (tertiary/aromatic N) is 3. The standard InChI is InChI=1S/C14H16F3N3/c1-11-4-6-12(7-5-11)13-18-10-20(19-13)9-3-2-8-14(15,16)17/h4-7,10H,2-3,8-9H2,1H3. The molecule has 0 spiro atoms. The summed E-state index contributed by atoms with van der Waals surface area (Å²) in [6.07, 6.45) is -2.70. The number of unbranched alkanes of at least 4 members (excludes halogenated alkanes) is 1. The third kappa shape index (κ3) is 4.36. The number of aryl methyl sites for hydroxylation is 2. The van der Waals surface area contributed by atoms with Crippen molar-refractivity contribution < 1.29 is 13.2 Å². The summed E-state index contributed by atoms with van der Waals surface area (Å²) in [7, 11) is 0. The van der Waals surface area contributed by atoms with E-state index in [0.29, 0.717) is 18.8 Å². The van der Waals surface area contributed by atoms with Crippen molar-refractivity contribution in [3.05, 3.63) is 36.2 Å². The van der Waals surface area contributed by atoms with Crippen LogP contribution in [-0.4, -0.2) is 20.9 Å². The topological polar surface area (TPSA) is 30.7 Å². The molecule has 1 heterocycles. The van der Waals surface area contributed by atoms with E-state index in [9.17, 15) is 13.2 Å². The van der Waals surface area contributed by atoms with Gasteiger partial charge in [0.05, 0.1) is 0 Å². The van der Waals surface area contributed by atoms with Gasteiger partial charge in [0, 0.05) is 18.5 Å². The second-order valence-electron chi connectivity index (χ2n) is 4.77. The molecule has 0 saturated heterocycles. The van der Waals surface area contributed by atoms with Crippen molar-refractivity contribution in [2.45, 2.75) is 38.9 Å². The summed E-state index contributed by atoms with van der Waals surface area (Å²) in [6, 6.07) is 7.80. The first-order valence-electron chi connectivity index (χ1n) is 6.47. The molecule has 0 saturated carbocycles. The highest BCUT2D eigenvalue weighted by Crippen LogP contribution is 2.22. The Balaban J connectivity index is 1.88. The molecular weight excluding hydrogens is 267 g/mol. The Kier molecular flexibility index (Phi) is 4.42. The van der Waals surface area contributed by atoms with Gasteiger partial charge in [0.1, 0.15) is 6.33 Å². The fourth-order valence-electron chi connectivity index (χ4n) is 1.84. The van der Waals surface area contributed by atoms with Crippen LogP contribution in [0.25, 0.3) is 11.4 Å². The van der Waals surface area contributed by atoms with E-state index in [2.05, 4.69) is 10.1 Å². The number of alkyl halides is 3. The maximum absolute atomic E-state index is 12.0. The minimum Gasteiger partial charge on any atom is -0.252 e. The van der Waals surface area contributed by atoms with Gasteiger partial charge in [0.15, 0.2) is 5.82 Å². The van der Waals surface area contributed by atoms with Gasteiger partial charge in [-0.2, -0.15) is 18.3 Å². The zero-order valence-corrected chi connectivity index (χ0v) is 11.2. The lowest BCUT2D eigenvalue weighted by Crippen LogP contribution is -2.07. The van der Waals surface area contributed by atoms with Crippen LogP contribution in [0.5, 0.6) is 0 Å². The molecule has 0 atom stereocenters. The van der Waals surface area contributed by atoms with Gasteiger partial charge in [0.25, 0.3) is 0 Å². The zero-order valence-electron chi connectivity index (χ0n) is 11.2. The predicted molar refractivity (Wildman–Crippen MR) is 70.1 cm³/mol. The van der Waals surface area contributed by atoms with Gasteiger partial charge in [-0.25, -0.2) is 4.98 Å². The lowest BCUT2D eigenvalue weighted by Gasteiger charge is -2.05. The molecule has 0 radical (unpaired) electrons. The van der Waals surface area contributed by atoms with Crippen LogP contribution in [0.1, 0.15) is 24.8 Å². The van der Waals surface area contributed by atoms with E-state index in [-0.39, 0.29) is 6.42 Å². The second kappa shape index (κ2) is 6.07. The van der Waals surface area contributed by atoms with Gasteiger partial charge < -0.3 is 0 Å². The summed E-state index contributed by atoms with van der Waals surface area (Å²) < 4.78 is 37.6. The molecule has 0 N–H and O–H groups in total. The van der Waals surface area contributed by atoms with Crippen molar-refractivity contribution in [2.24, 2.45) is 0 Å². The molecule has 108 valence electrons. The number of hydrogen-bond donors (Lipinski definition) is 0. The maximum Gasteiger partial charge on any atom is 0.389 e. The van der Waals surface area contributed by atoms with Crippen LogP contribution < -0.4 is 0 Å². The molecule has 20 heavy (non-hydrogen) atoms. The molecule has 0 aliphatic carbocycles. The van der Waals surface area contributed by atoms with Crippen molar-refractivity contribution in [3.63, 3.8) is 0 Å². The minimum absolute atomic E-state index is 0.114. The lowest BCUT2D eigenvalue weighted by atomic mass is 10.1. The van der Waals surface area contributed by atoms with Crippen molar-refractivity contribution in [3.8, 4) is 11.4 Å². The third-order valence-corrected chi connectivity index (χ3v) is 2.94. The summed E-state index contributed by atoms with van der Waals surface area (Å²) in [4.78, 5) is 4.17. The normalized spacial score (nSPS) is 11.8. The van der Waals surface area contributed by atoms with Crippen LogP contribution in [0.4, 0.5) is 13.2 Å². The van der Waals surface area contributed by atoms with Crippen LogP contribution in [0.2, 0.25) is 0 Å². The van der Waals surface area contributed by atoms with Crippen molar-refractivity contribution >= 4 is 0 Å². The number of aromatic nitrogens is 3. The summed E-state index contributed by atoms with van der Waals surface area (Å²) in [6.45, 7) is 2.45. The zero-order chi connectivity index (χ0) is 14.6. The smallest absolute Gasteiger partial charge is 0.252 e. The van der Waals surface area contributed by atoms with E-state index in [0.717, 1.165) is 11.1 Å². The minimum atomic E-state index is -4.07. The largest absolute Gasteiger partial charge is 0.389 e. The van der Waals surface area contributed by atoms with Crippen molar-refractivity contribution in [1.82, 2.24) is 14.8 Å². The molecular formula is C14H16F3N3. The van der Waals surface area contributed by atoms with Crippen LogP contribution in [0.15, 0.2) is 30.6 Å². The molecule has 1 aromatic heterocycles. The highest BCUT2D eigenvalue weighted by Gasteiger charge is 2.25. The average molecular weight is 283 g/mol. The first kappa shape index (κ1) is 14.6. The highest BCUT2D eigenvalue weighted by atomic mass is 19.4. The second-order valence-corrected chi connectivity index (χ2v) is 4.77. The average Bonchev–Trinajstić information content (AvgIpc) is 2.83. The highest BCUT2D eigenvalue weighted by molar-refractivity contribution is 5.54. The van der Waals surface area contributed by atoms with E-state index < -0.39 is 12.6 Å². The molecule has 0 aliphatic heterocycles. The Morgan fingerprint density at radius 2 is 1.80 bits per heavy atom. The summed E-state index contributed by atoms with van der Waals surface area (Å²) in [5.41, 5.74) is 2.06. The Morgan fingerprint density at radius 1 is 1.10 bits per heavy atom. The molecule has 6 heteroatoms. The fraction of sp³-hybridized carbons (Fsp3) is 0.429. The predicted octanol–water partition coefficient (Wildman–Crippen LogP) is 3.99. The molecule has 2 aromatic rings. The van der Waals surface area contributed by atoms with Gasteiger partial charge in [-0.05, 0) is 19.8 Å². The first-order chi connectivity index (χ1) is 9.44. The number of hydrogen-bond acceptors (Lipinski definition) is 2. The maximum atomic E-state index is 12.0. The molecule has 0 unspecified atom stereocenters. The molecule has 0 amide bonds. The van der Waals surface area contributed by atoms with Crippen molar-refractivity contribution in [2.75, 3.05) is 0 Å². The third-order valence-electron chi connectivity index (χ3n) is 2.94. The summed E-state index contributed by atoms with van der Waals surface area (Å²) >= 11 is 0. The van der Waals surface area contributed by atoms with E-state index in [4.69, 9.17) is 0 Å². The Morgan fingerprint density at radius 3 is 2.45 bits per heavy atom. The van der Waals surface area contributed by atoms with Crippen LogP contribution in [0.3, 0.4) is 0 Å². The Labute approximate surface area is 115 Å². The van der Waals surface area contributed by atoms with Gasteiger partial charge in [-0.3, -0.25) is 4.68 Å². The molecule has 1 aromatic carbocycles. The van der Waals surface area contributed by atoms with Crippen molar-refractivity contribution in [1.29, 1.82) is 0 Å². The first-order valence-corrected chi connectivity index (χ1v) is 6.47.